The maximum atomic E-state index is 13.6. The number of aliphatic carboxylic acids is 1. The highest BCUT2D eigenvalue weighted by Gasteiger charge is 2.42. The molecule has 2 aromatic rings. The molecule has 2 unspecified atom stereocenters. The Balaban J connectivity index is 1.62. The van der Waals surface area contributed by atoms with Gasteiger partial charge >= 0.3 is 24.4 Å². The van der Waals surface area contributed by atoms with Crippen LogP contribution in [0.15, 0.2) is 35.1 Å². The van der Waals surface area contributed by atoms with E-state index in [0.29, 0.717) is 68.0 Å². The normalized spacial score (nSPS) is 24.3. The summed E-state index contributed by atoms with van der Waals surface area (Å²) < 4.78 is 88.2. The summed E-state index contributed by atoms with van der Waals surface area (Å²) in [5.41, 5.74) is -3.02. The van der Waals surface area contributed by atoms with Gasteiger partial charge in [-0.15, -0.1) is 0 Å². The monoisotopic (exact) mass is 708 g/mol. The molecule has 0 spiro atoms. The second-order valence-corrected chi connectivity index (χ2v) is 12.5. The molecule has 0 radical (unpaired) electrons. The Labute approximate surface area is 265 Å². The Bertz CT molecular complexity index is 1290. The van der Waals surface area contributed by atoms with Crippen LogP contribution in [0.1, 0.15) is 81.9 Å². The largest absolute Gasteiger partial charge is 0.481 e. The third-order valence-corrected chi connectivity index (χ3v) is 9.03. The number of rotatable bonds is 8. The van der Waals surface area contributed by atoms with Crippen LogP contribution >= 0.6 is 15.9 Å². The molecule has 15 heteroatoms. The first-order valence-corrected chi connectivity index (χ1v) is 15.6. The average molecular weight is 710 g/mol. The summed E-state index contributed by atoms with van der Waals surface area (Å²) in [7, 11) is 0. The summed E-state index contributed by atoms with van der Waals surface area (Å²) in [6.45, 7) is 3.45. The minimum absolute atomic E-state index is 0.0996. The second kappa shape index (κ2) is 14.1. The van der Waals surface area contributed by atoms with Crippen molar-refractivity contribution < 1.29 is 45.8 Å². The second-order valence-electron chi connectivity index (χ2n) is 11.6. The zero-order valence-electron chi connectivity index (χ0n) is 24.7. The van der Waals surface area contributed by atoms with Crippen LogP contribution in [0.2, 0.25) is 0 Å². The lowest BCUT2D eigenvalue weighted by molar-refractivity contribution is -0.144. The lowest BCUT2D eigenvalue weighted by atomic mass is 9.87. The maximum absolute atomic E-state index is 13.6. The Morgan fingerprint density at radius 2 is 1.44 bits per heavy atom. The number of carbonyl (C=O) groups excluding carboxylic acids is 1. The average Bonchev–Trinajstić information content (AvgIpc) is 2.98. The molecule has 1 N–H and O–H groups in total. The van der Waals surface area contributed by atoms with Crippen LogP contribution in [0.25, 0.3) is 0 Å². The first kappa shape index (κ1) is 34.8. The zero-order chi connectivity index (χ0) is 33.1. The van der Waals surface area contributed by atoms with Gasteiger partial charge in [0.1, 0.15) is 6.10 Å². The first-order chi connectivity index (χ1) is 21.1. The van der Waals surface area contributed by atoms with Gasteiger partial charge in [-0.2, -0.15) is 26.3 Å². The molecule has 4 rings (SSSR count). The number of piperidine rings is 1. The fraction of sp³-hybridized carbons (Fsp3) is 0.600. The summed E-state index contributed by atoms with van der Waals surface area (Å²) in [5, 5.41) is 9.27. The third kappa shape index (κ3) is 8.59. The van der Waals surface area contributed by atoms with Crippen LogP contribution in [0.5, 0.6) is 0 Å². The smallest absolute Gasteiger partial charge is 0.416 e. The van der Waals surface area contributed by atoms with Gasteiger partial charge < -0.3 is 19.6 Å². The quantitative estimate of drug-likeness (QED) is 0.277. The number of hydrogen-bond acceptors (Lipinski definition) is 6. The van der Waals surface area contributed by atoms with E-state index in [4.69, 9.17) is 4.74 Å². The highest BCUT2D eigenvalue weighted by Crippen LogP contribution is 2.38. The van der Waals surface area contributed by atoms with Gasteiger partial charge in [-0.05, 0) is 91.1 Å². The summed E-state index contributed by atoms with van der Waals surface area (Å²) in [5.74, 6) is -1.19. The fourth-order valence-corrected chi connectivity index (χ4v) is 6.49. The number of ether oxygens (including phenoxy) is 1. The van der Waals surface area contributed by atoms with Crippen LogP contribution in [0.4, 0.5) is 37.1 Å². The van der Waals surface area contributed by atoms with Crippen molar-refractivity contribution in [3.63, 3.8) is 0 Å². The van der Waals surface area contributed by atoms with Crippen LogP contribution < -0.4 is 4.90 Å². The number of hydrogen-bond donors (Lipinski definition) is 1. The molecule has 2 aliphatic rings. The molecule has 0 bridgehead atoms. The maximum Gasteiger partial charge on any atom is 0.416 e. The van der Waals surface area contributed by atoms with Crippen LogP contribution in [0, 0.1) is 5.92 Å². The highest BCUT2D eigenvalue weighted by molar-refractivity contribution is 9.10. The van der Waals surface area contributed by atoms with E-state index < -0.39 is 53.6 Å². The van der Waals surface area contributed by atoms with Crippen molar-refractivity contribution in [3.8, 4) is 0 Å². The number of anilines is 1. The molecule has 1 aromatic carbocycles. The topological polar surface area (TPSA) is 95.9 Å². The lowest BCUT2D eigenvalue weighted by Gasteiger charge is -2.47. The molecular weight excluding hydrogens is 674 g/mol. The summed E-state index contributed by atoms with van der Waals surface area (Å²) in [6, 6.07) is 0.397. The number of amides is 1. The number of alkyl halides is 6. The van der Waals surface area contributed by atoms with E-state index >= 15 is 0 Å². The van der Waals surface area contributed by atoms with E-state index in [0.717, 1.165) is 0 Å². The molecule has 1 saturated carbocycles. The number of benzene rings is 1. The minimum Gasteiger partial charge on any atom is -0.481 e. The van der Waals surface area contributed by atoms with Gasteiger partial charge in [-0.1, -0.05) is 13.8 Å². The zero-order valence-corrected chi connectivity index (χ0v) is 26.3. The summed E-state index contributed by atoms with van der Waals surface area (Å²) in [4.78, 5) is 36.7. The molecule has 248 valence electrons. The first-order valence-electron chi connectivity index (χ1n) is 14.8. The number of aromatic nitrogens is 2. The van der Waals surface area contributed by atoms with Crippen molar-refractivity contribution in [2.24, 2.45) is 5.92 Å². The molecule has 1 amide bonds. The highest BCUT2D eigenvalue weighted by atomic mass is 79.9. The number of nitrogens with zero attached hydrogens (tertiary/aromatic N) is 4. The van der Waals surface area contributed by atoms with E-state index in [2.05, 4.69) is 25.9 Å². The molecule has 2 atom stereocenters. The molecule has 8 nitrogen and oxygen atoms in total. The van der Waals surface area contributed by atoms with Gasteiger partial charge in [0.2, 0.25) is 5.95 Å². The summed E-state index contributed by atoms with van der Waals surface area (Å²) in [6.07, 6.45) is -4.56. The van der Waals surface area contributed by atoms with Gasteiger partial charge in [0, 0.05) is 37.1 Å². The van der Waals surface area contributed by atoms with Crippen molar-refractivity contribution >= 4 is 33.9 Å². The predicted octanol–water partition coefficient (Wildman–Crippen LogP) is 8.08. The van der Waals surface area contributed by atoms with E-state index in [9.17, 15) is 41.0 Å². The number of likely N-dealkylation sites (tertiary alicyclic amines) is 1. The molecule has 2 heterocycles. The van der Waals surface area contributed by atoms with Gasteiger partial charge in [0.25, 0.3) is 0 Å². The third-order valence-electron chi connectivity index (χ3n) is 8.62. The Kier molecular flexibility index (Phi) is 10.9. The Morgan fingerprint density at radius 3 is 1.89 bits per heavy atom. The van der Waals surface area contributed by atoms with Crippen LogP contribution in [-0.4, -0.2) is 56.3 Å². The van der Waals surface area contributed by atoms with Crippen molar-refractivity contribution in [1.82, 2.24) is 14.9 Å². The molecule has 45 heavy (non-hydrogen) atoms. The number of carbonyl (C=O) groups is 2. The van der Waals surface area contributed by atoms with E-state index in [1.807, 2.05) is 13.8 Å². The van der Waals surface area contributed by atoms with Crippen molar-refractivity contribution in [1.29, 1.82) is 0 Å². The Morgan fingerprint density at radius 1 is 0.933 bits per heavy atom. The molecule has 1 saturated heterocycles. The SMILES string of the molecule is CCC1CC(N(Cc2cc(C(F)(F)F)cc(C(F)(F)F)c2)c2ncc(Br)cn2)CC(CC)N1C(=O)OC1CCC(C(=O)O)CC1. The Hall–Kier alpha value is -3.10. The summed E-state index contributed by atoms with van der Waals surface area (Å²) >= 11 is 3.26. The van der Waals surface area contributed by atoms with E-state index in [1.54, 1.807) is 9.80 Å². The van der Waals surface area contributed by atoms with Gasteiger partial charge in [-0.25, -0.2) is 14.8 Å². The van der Waals surface area contributed by atoms with E-state index in [1.165, 1.54) is 12.4 Å². The van der Waals surface area contributed by atoms with Crippen molar-refractivity contribution in [3.05, 3.63) is 51.8 Å². The number of carboxylic acid groups (broad SMARTS) is 1. The van der Waals surface area contributed by atoms with Gasteiger partial charge in [0.15, 0.2) is 0 Å². The van der Waals surface area contributed by atoms with E-state index in [-0.39, 0.29) is 36.2 Å². The lowest BCUT2D eigenvalue weighted by Crippen LogP contribution is -2.57. The number of halogens is 7. The van der Waals surface area contributed by atoms with Crippen LogP contribution in [0.3, 0.4) is 0 Å². The molecule has 2 fully saturated rings. The molecular formula is C30H35BrF6N4O4. The predicted molar refractivity (Wildman–Crippen MR) is 155 cm³/mol. The van der Waals surface area contributed by atoms with Crippen LogP contribution in [-0.2, 0) is 28.4 Å². The molecule has 1 aliphatic heterocycles. The van der Waals surface area contributed by atoms with Crippen molar-refractivity contribution in [2.75, 3.05) is 4.90 Å². The number of carboxylic acids is 1. The minimum atomic E-state index is -4.99. The van der Waals surface area contributed by atoms with Crippen molar-refractivity contribution in [2.45, 2.75) is 108 Å². The van der Waals surface area contributed by atoms with Gasteiger partial charge in [0.05, 0.1) is 21.5 Å². The van der Waals surface area contributed by atoms with Gasteiger partial charge in [-0.3, -0.25) is 4.79 Å². The molecule has 1 aliphatic carbocycles. The standard InChI is InChI=1S/C30H35BrF6N4O4/c1-3-22-12-24(13-23(4-2)41(22)28(44)45-25-7-5-18(6-8-25)26(42)43)40(27-38-14-21(31)15-39-27)16-17-9-19(29(32,33)34)11-20(10-17)30(35,36)37/h9-11,14-15,18,22-25H,3-8,12-13,16H2,1-2H3,(H,42,43). The fourth-order valence-electron chi connectivity index (χ4n) is 6.28. The molecule has 1 aromatic heterocycles.